The number of nitrogens with zero attached hydrogens (tertiary/aromatic N) is 1. The molecule has 1 aliphatic rings. The molecule has 0 bridgehead atoms. The fourth-order valence-electron chi connectivity index (χ4n) is 2.18. The van der Waals surface area contributed by atoms with Gasteiger partial charge in [-0.05, 0) is 19.1 Å². The van der Waals surface area contributed by atoms with Crippen molar-refractivity contribution in [1.82, 2.24) is 10.3 Å². The highest BCUT2D eigenvalue weighted by atomic mass is 32.1. The number of benzene rings is 1. The number of nitrogens with one attached hydrogen (secondary N) is 1. The highest BCUT2D eigenvalue weighted by molar-refractivity contribution is 7.11. The van der Waals surface area contributed by atoms with E-state index in [1.165, 1.54) is 21.1 Å². The summed E-state index contributed by atoms with van der Waals surface area (Å²) in [6.07, 6.45) is 1.95. The maximum absolute atomic E-state index is 5.75. The lowest BCUT2D eigenvalue weighted by atomic mass is 10.2. The molecule has 2 heterocycles. The van der Waals surface area contributed by atoms with Crippen molar-refractivity contribution in [2.24, 2.45) is 0 Å². The molecule has 1 aromatic carbocycles. The van der Waals surface area contributed by atoms with Crippen molar-refractivity contribution in [2.75, 3.05) is 13.2 Å². The number of hydrogen-bond donors (Lipinski definition) is 1. The quantitative estimate of drug-likeness (QED) is 0.931. The summed E-state index contributed by atoms with van der Waals surface area (Å²) < 4.78 is 5.75. The molecular formula is C15H18N2OS. The molecule has 0 radical (unpaired) electrons. The molecule has 0 unspecified atom stereocenters. The average Bonchev–Trinajstić information content (AvgIpc) is 2.83. The van der Waals surface area contributed by atoms with Crippen LogP contribution in [0.25, 0.3) is 0 Å². The van der Waals surface area contributed by atoms with Crippen LogP contribution in [0, 0.1) is 6.92 Å². The van der Waals surface area contributed by atoms with E-state index >= 15 is 0 Å². The molecule has 0 amide bonds. The zero-order chi connectivity index (χ0) is 13.1. The summed E-state index contributed by atoms with van der Waals surface area (Å²) in [6, 6.07) is 8.18. The van der Waals surface area contributed by atoms with Crippen LogP contribution in [-0.4, -0.2) is 18.1 Å². The fourth-order valence-corrected chi connectivity index (χ4v) is 3.24. The molecule has 4 heteroatoms. The molecule has 0 spiro atoms. The predicted molar refractivity (Wildman–Crippen MR) is 77.9 cm³/mol. The second kappa shape index (κ2) is 5.72. The van der Waals surface area contributed by atoms with E-state index in [1.807, 2.05) is 23.5 Å². The van der Waals surface area contributed by atoms with Gasteiger partial charge in [0.25, 0.3) is 0 Å². The van der Waals surface area contributed by atoms with E-state index in [-0.39, 0.29) is 0 Å². The number of ether oxygens (including phenoxy) is 1. The van der Waals surface area contributed by atoms with Gasteiger partial charge in [0.15, 0.2) is 0 Å². The van der Waals surface area contributed by atoms with Crippen LogP contribution < -0.4 is 10.1 Å². The molecular weight excluding hydrogens is 256 g/mol. The second-order valence-electron chi connectivity index (χ2n) is 4.82. The summed E-state index contributed by atoms with van der Waals surface area (Å²) in [5.74, 6) is 0.939. The monoisotopic (exact) mass is 274 g/mol. The van der Waals surface area contributed by atoms with Gasteiger partial charge in [0, 0.05) is 30.8 Å². The second-order valence-corrected chi connectivity index (χ2v) is 5.98. The molecule has 1 aromatic heterocycles. The predicted octanol–water partition coefficient (Wildman–Crippen LogP) is 2.72. The summed E-state index contributed by atoms with van der Waals surface area (Å²) in [4.78, 5) is 6.09. The molecule has 3 nitrogen and oxygen atoms in total. The van der Waals surface area contributed by atoms with Crippen molar-refractivity contribution in [3.63, 3.8) is 0 Å². The van der Waals surface area contributed by atoms with Gasteiger partial charge in [0.2, 0.25) is 0 Å². The lowest BCUT2D eigenvalue weighted by Gasteiger charge is -2.09. The van der Waals surface area contributed by atoms with E-state index in [0.717, 1.165) is 31.7 Å². The molecule has 19 heavy (non-hydrogen) atoms. The highest BCUT2D eigenvalue weighted by Crippen LogP contribution is 2.22. The molecule has 100 valence electrons. The Bertz CT molecular complexity index is 524. The minimum Gasteiger partial charge on any atom is -0.493 e. The van der Waals surface area contributed by atoms with Gasteiger partial charge in [0.05, 0.1) is 17.3 Å². The Kier molecular flexibility index (Phi) is 3.80. The van der Waals surface area contributed by atoms with Crippen LogP contribution in [0.1, 0.15) is 21.1 Å². The minimum atomic E-state index is 0.697. The van der Waals surface area contributed by atoms with Crippen LogP contribution in [0.4, 0.5) is 0 Å². The van der Waals surface area contributed by atoms with Crippen LogP contribution in [0.15, 0.2) is 24.3 Å². The number of thiazole rings is 1. The fraction of sp³-hybridized carbons (Fsp3) is 0.400. The largest absolute Gasteiger partial charge is 0.493 e. The third-order valence-corrected chi connectivity index (χ3v) is 4.41. The molecule has 0 saturated heterocycles. The summed E-state index contributed by atoms with van der Waals surface area (Å²) in [6.45, 7) is 4.81. The number of aryl methyl sites for hydroxylation is 1. The first-order chi connectivity index (χ1) is 9.31. The molecule has 1 aliphatic heterocycles. The van der Waals surface area contributed by atoms with E-state index in [2.05, 4.69) is 24.4 Å². The van der Waals surface area contributed by atoms with E-state index in [0.29, 0.717) is 6.61 Å². The molecule has 2 aromatic rings. The minimum absolute atomic E-state index is 0.697. The smallest absolute Gasteiger partial charge is 0.119 e. The van der Waals surface area contributed by atoms with Gasteiger partial charge in [-0.3, -0.25) is 0 Å². The Morgan fingerprint density at radius 1 is 1.32 bits per heavy atom. The molecule has 0 saturated carbocycles. The van der Waals surface area contributed by atoms with Gasteiger partial charge in [-0.1, -0.05) is 17.7 Å². The third kappa shape index (κ3) is 3.14. The normalized spacial score (nSPS) is 14.2. The van der Waals surface area contributed by atoms with E-state index in [9.17, 15) is 0 Å². The SMILES string of the molecule is Cc1ccc(OCCc2nc3c(s2)CNCC3)cc1. The van der Waals surface area contributed by atoms with E-state index in [1.54, 1.807) is 0 Å². The van der Waals surface area contributed by atoms with Crippen LogP contribution >= 0.6 is 11.3 Å². The van der Waals surface area contributed by atoms with Gasteiger partial charge in [-0.25, -0.2) is 4.98 Å². The highest BCUT2D eigenvalue weighted by Gasteiger charge is 2.14. The van der Waals surface area contributed by atoms with Gasteiger partial charge in [0.1, 0.15) is 5.75 Å². The van der Waals surface area contributed by atoms with Crippen LogP contribution in [0.3, 0.4) is 0 Å². The molecule has 0 aliphatic carbocycles. The van der Waals surface area contributed by atoms with Crippen molar-refractivity contribution < 1.29 is 4.74 Å². The van der Waals surface area contributed by atoms with Crippen LogP contribution in [-0.2, 0) is 19.4 Å². The number of rotatable bonds is 4. The molecule has 0 fully saturated rings. The van der Waals surface area contributed by atoms with Crippen molar-refractivity contribution in [1.29, 1.82) is 0 Å². The summed E-state index contributed by atoms with van der Waals surface area (Å²) in [5, 5.41) is 4.58. The standard InChI is InChI=1S/C15H18N2OS/c1-11-2-4-12(5-3-11)18-9-7-15-17-13-6-8-16-10-14(13)19-15/h2-5,16H,6-10H2,1H3. The van der Waals surface area contributed by atoms with Crippen LogP contribution in [0.5, 0.6) is 5.75 Å². The Balaban J connectivity index is 1.54. The molecule has 0 atom stereocenters. The number of fused-ring (bicyclic) bond motifs is 1. The molecule has 3 rings (SSSR count). The zero-order valence-corrected chi connectivity index (χ0v) is 11.9. The van der Waals surface area contributed by atoms with Crippen LogP contribution in [0.2, 0.25) is 0 Å². The van der Waals surface area contributed by atoms with E-state index < -0.39 is 0 Å². The Morgan fingerprint density at radius 3 is 2.95 bits per heavy atom. The Hall–Kier alpha value is -1.39. The lowest BCUT2D eigenvalue weighted by Crippen LogP contribution is -2.22. The first-order valence-electron chi connectivity index (χ1n) is 6.69. The lowest BCUT2D eigenvalue weighted by molar-refractivity contribution is 0.321. The third-order valence-electron chi connectivity index (χ3n) is 3.25. The zero-order valence-electron chi connectivity index (χ0n) is 11.1. The molecule has 1 N–H and O–H groups in total. The van der Waals surface area contributed by atoms with Crippen molar-refractivity contribution in [3.8, 4) is 5.75 Å². The average molecular weight is 274 g/mol. The summed E-state index contributed by atoms with van der Waals surface area (Å²) in [5.41, 5.74) is 2.54. The summed E-state index contributed by atoms with van der Waals surface area (Å²) in [7, 11) is 0. The maximum Gasteiger partial charge on any atom is 0.119 e. The maximum atomic E-state index is 5.75. The van der Waals surface area contributed by atoms with Gasteiger partial charge in [-0.2, -0.15) is 0 Å². The van der Waals surface area contributed by atoms with Crippen molar-refractivity contribution in [3.05, 3.63) is 45.4 Å². The topological polar surface area (TPSA) is 34.1 Å². The number of aromatic nitrogens is 1. The van der Waals surface area contributed by atoms with Gasteiger partial charge >= 0.3 is 0 Å². The van der Waals surface area contributed by atoms with E-state index in [4.69, 9.17) is 9.72 Å². The summed E-state index contributed by atoms with van der Waals surface area (Å²) >= 11 is 1.82. The van der Waals surface area contributed by atoms with Gasteiger partial charge < -0.3 is 10.1 Å². The van der Waals surface area contributed by atoms with Crippen molar-refractivity contribution in [2.45, 2.75) is 26.3 Å². The number of hydrogen-bond acceptors (Lipinski definition) is 4. The van der Waals surface area contributed by atoms with Crippen molar-refractivity contribution >= 4 is 11.3 Å². The first-order valence-corrected chi connectivity index (χ1v) is 7.50. The van der Waals surface area contributed by atoms with Gasteiger partial charge in [-0.15, -0.1) is 11.3 Å². The Morgan fingerprint density at radius 2 is 2.16 bits per heavy atom. The first kappa shape index (κ1) is 12.6. The Labute approximate surface area is 117 Å².